The van der Waals surface area contributed by atoms with Crippen molar-refractivity contribution in [3.05, 3.63) is 53.6 Å². The summed E-state index contributed by atoms with van der Waals surface area (Å²) in [4.78, 5) is 4.45. The van der Waals surface area contributed by atoms with Gasteiger partial charge in [-0.2, -0.15) is 0 Å². The minimum Gasteiger partial charge on any atom is -0.383 e. The molecular weight excluding hydrogens is 210 g/mol. The van der Waals surface area contributed by atoms with Crippen LogP contribution >= 0.6 is 0 Å². The van der Waals surface area contributed by atoms with Crippen LogP contribution in [0.5, 0.6) is 0 Å². The second-order valence-corrected chi connectivity index (χ2v) is 4.19. The molecule has 84 valence electrons. The molecule has 0 saturated heterocycles. The van der Waals surface area contributed by atoms with Crippen LogP contribution < -0.4 is 11.1 Å². The third-order valence-corrected chi connectivity index (χ3v) is 2.87. The number of anilines is 2. The van der Waals surface area contributed by atoms with E-state index < -0.39 is 0 Å². The van der Waals surface area contributed by atoms with Gasteiger partial charge in [0.05, 0.1) is 11.4 Å². The Morgan fingerprint density at radius 2 is 1.88 bits per heavy atom. The number of benzene rings is 2. The summed E-state index contributed by atoms with van der Waals surface area (Å²) in [6, 6.07) is 14.0. The molecule has 1 aliphatic heterocycles. The van der Waals surface area contributed by atoms with Crippen LogP contribution in [0.3, 0.4) is 0 Å². The van der Waals surface area contributed by atoms with Gasteiger partial charge in [-0.05, 0) is 31.2 Å². The molecule has 0 aromatic heterocycles. The summed E-state index contributed by atoms with van der Waals surface area (Å²) in [6.45, 7) is 2.05. The first-order chi connectivity index (χ1) is 8.24. The van der Waals surface area contributed by atoms with E-state index in [0.29, 0.717) is 5.84 Å². The van der Waals surface area contributed by atoms with E-state index in [1.807, 2.05) is 43.3 Å². The highest BCUT2D eigenvalue weighted by Crippen LogP contribution is 2.33. The van der Waals surface area contributed by atoms with Crippen LogP contribution in [0.25, 0.3) is 0 Å². The predicted octanol–water partition coefficient (Wildman–Crippen LogP) is 3.09. The fourth-order valence-corrected chi connectivity index (χ4v) is 1.99. The third kappa shape index (κ3) is 1.65. The molecule has 0 radical (unpaired) electrons. The number of aliphatic imine (C=N–C) groups is 1. The maximum absolute atomic E-state index is 6.04. The number of hydrogen-bond acceptors (Lipinski definition) is 3. The second kappa shape index (κ2) is 3.63. The lowest BCUT2D eigenvalue weighted by molar-refractivity contribution is 1.43. The van der Waals surface area contributed by atoms with Gasteiger partial charge in [-0.15, -0.1) is 0 Å². The van der Waals surface area contributed by atoms with Gasteiger partial charge >= 0.3 is 0 Å². The second-order valence-electron chi connectivity index (χ2n) is 4.19. The molecule has 2 aromatic rings. The first-order valence-corrected chi connectivity index (χ1v) is 5.55. The molecule has 0 fully saturated rings. The molecule has 0 spiro atoms. The lowest BCUT2D eigenvalue weighted by Crippen LogP contribution is -2.13. The number of nitrogens with one attached hydrogen (secondary N) is 1. The van der Waals surface area contributed by atoms with Gasteiger partial charge in [0.1, 0.15) is 5.84 Å². The number of nitrogens with two attached hydrogens (primary N) is 1. The van der Waals surface area contributed by atoms with Crippen LogP contribution in [0.1, 0.15) is 11.1 Å². The van der Waals surface area contributed by atoms with Crippen molar-refractivity contribution in [2.75, 3.05) is 5.32 Å². The summed E-state index contributed by atoms with van der Waals surface area (Å²) in [7, 11) is 0. The Hall–Kier alpha value is -2.29. The van der Waals surface area contributed by atoms with Crippen molar-refractivity contribution in [3.63, 3.8) is 0 Å². The summed E-state index contributed by atoms with van der Waals surface area (Å²) >= 11 is 0. The molecule has 17 heavy (non-hydrogen) atoms. The largest absolute Gasteiger partial charge is 0.383 e. The maximum Gasteiger partial charge on any atom is 0.133 e. The Morgan fingerprint density at radius 1 is 1.06 bits per heavy atom. The minimum atomic E-state index is 0.557. The lowest BCUT2D eigenvalue weighted by Gasteiger charge is -2.09. The monoisotopic (exact) mass is 223 g/mol. The molecule has 0 aliphatic carbocycles. The van der Waals surface area contributed by atoms with E-state index in [9.17, 15) is 0 Å². The molecule has 0 amide bonds. The fourth-order valence-electron chi connectivity index (χ4n) is 1.99. The first-order valence-electron chi connectivity index (χ1n) is 5.55. The first kappa shape index (κ1) is 9.90. The molecule has 3 heteroatoms. The average molecular weight is 223 g/mol. The fraction of sp³-hybridized carbons (Fsp3) is 0.0714. The van der Waals surface area contributed by atoms with Crippen molar-refractivity contribution >= 4 is 22.9 Å². The molecule has 1 heterocycles. The Morgan fingerprint density at radius 3 is 2.76 bits per heavy atom. The van der Waals surface area contributed by atoms with E-state index in [0.717, 1.165) is 22.6 Å². The Kier molecular flexibility index (Phi) is 2.11. The van der Waals surface area contributed by atoms with Gasteiger partial charge in [-0.3, -0.25) is 0 Å². The van der Waals surface area contributed by atoms with Crippen molar-refractivity contribution in [3.8, 4) is 0 Å². The van der Waals surface area contributed by atoms with E-state index in [4.69, 9.17) is 5.73 Å². The van der Waals surface area contributed by atoms with E-state index in [-0.39, 0.29) is 0 Å². The molecule has 3 nitrogen and oxygen atoms in total. The Balaban J connectivity index is 2.24. The van der Waals surface area contributed by atoms with Crippen LogP contribution in [-0.2, 0) is 0 Å². The predicted molar refractivity (Wildman–Crippen MR) is 71.3 cm³/mol. The molecule has 1 aliphatic rings. The molecule has 0 atom stereocenters. The highest BCUT2D eigenvalue weighted by atomic mass is 15.0. The topological polar surface area (TPSA) is 50.4 Å². The Labute approximate surface area is 100.0 Å². The number of amidine groups is 1. The molecular formula is C14H13N3. The highest BCUT2D eigenvalue weighted by molar-refractivity contribution is 6.06. The molecule has 0 bridgehead atoms. The summed E-state index contributed by atoms with van der Waals surface area (Å²) < 4.78 is 0. The van der Waals surface area contributed by atoms with Crippen LogP contribution in [0, 0.1) is 6.92 Å². The summed E-state index contributed by atoms with van der Waals surface area (Å²) in [6.07, 6.45) is 0. The number of hydrogen-bond donors (Lipinski definition) is 2. The SMILES string of the molecule is Cc1ccc2c(c1)C(N)=Nc1ccccc1N2. The number of rotatable bonds is 0. The van der Waals surface area contributed by atoms with E-state index >= 15 is 0 Å². The standard InChI is InChI=1S/C14H13N3/c1-9-6-7-11-10(8-9)14(15)17-13-5-3-2-4-12(13)16-11/h2-8,16H,1H3,(H2,15,17). The number of fused-ring (bicyclic) bond motifs is 2. The molecule has 2 aromatic carbocycles. The van der Waals surface area contributed by atoms with Crippen LogP contribution in [-0.4, -0.2) is 5.84 Å². The van der Waals surface area contributed by atoms with Crippen molar-refractivity contribution < 1.29 is 0 Å². The number of para-hydroxylation sites is 2. The molecule has 3 rings (SSSR count). The average Bonchev–Trinajstić information content (AvgIpc) is 2.46. The smallest absolute Gasteiger partial charge is 0.133 e. The van der Waals surface area contributed by atoms with Gasteiger partial charge < -0.3 is 11.1 Å². The van der Waals surface area contributed by atoms with Gasteiger partial charge in [0.15, 0.2) is 0 Å². The Bertz CT molecular complexity index is 615. The van der Waals surface area contributed by atoms with Crippen LogP contribution in [0.4, 0.5) is 17.1 Å². The van der Waals surface area contributed by atoms with Gasteiger partial charge in [-0.25, -0.2) is 4.99 Å². The number of aryl methyl sites for hydroxylation is 1. The van der Waals surface area contributed by atoms with Crippen molar-refractivity contribution in [2.45, 2.75) is 6.92 Å². The minimum absolute atomic E-state index is 0.557. The van der Waals surface area contributed by atoms with Crippen molar-refractivity contribution in [1.29, 1.82) is 0 Å². The zero-order chi connectivity index (χ0) is 11.8. The molecule has 0 unspecified atom stereocenters. The van der Waals surface area contributed by atoms with Crippen molar-refractivity contribution in [1.82, 2.24) is 0 Å². The van der Waals surface area contributed by atoms with E-state index in [1.54, 1.807) is 0 Å². The van der Waals surface area contributed by atoms with Crippen LogP contribution in [0.2, 0.25) is 0 Å². The van der Waals surface area contributed by atoms with Crippen LogP contribution in [0.15, 0.2) is 47.5 Å². The number of nitrogens with zero attached hydrogens (tertiary/aromatic N) is 1. The summed E-state index contributed by atoms with van der Waals surface area (Å²) in [5, 5.41) is 3.37. The normalized spacial score (nSPS) is 12.9. The quantitative estimate of drug-likeness (QED) is 0.721. The van der Waals surface area contributed by atoms with Gasteiger partial charge in [0, 0.05) is 11.3 Å². The third-order valence-electron chi connectivity index (χ3n) is 2.87. The van der Waals surface area contributed by atoms with E-state index in [1.165, 1.54) is 5.56 Å². The zero-order valence-electron chi connectivity index (χ0n) is 9.57. The summed E-state index contributed by atoms with van der Waals surface area (Å²) in [5.41, 5.74) is 11.0. The van der Waals surface area contributed by atoms with Gasteiger partial charge in [0.25, 0.3) is 0 Å². The molecule has 0 saturated carbocycles. The lowest BCUT2D eigenvalue weighted by atomic mass is 10.1. The zero-order valence-corrected chi connectivity index (χ0v) is 9.57. The highest BCUT2D eigenvalue weighted by Gasteiger charge is 2.13. The summed E-state index contributed by atoms with van der Waals surface area (Å²) in [5.74, 6) is 0.557. The van der Waals surface area contributed by atoms with Gasteiger partial charge in [-0.1, -0.05) is 23.8 Å². The molecule has 3 N–H and O–H groups in total. The van der Waals surface area contributed by atoms with E-state index in [2.05, 4.69) is 16.4 Å². The van der Waals surface area contributed by atoms with Crippen molar-refractivity contribution in [2.24, 2.45) is 10.7 Å². The van der Waals surface area contributed by atoms with Gasteiger partial charge in [0.2, 0.25) is 0 Å². The maximum atomic E-state index is 6.04.